The minimum absolute atomic E-state index is 0.265. The predicted octanol–water partition coefficient (Wildman–Crippen LogP) is 2.15. The van der Waals surface area contributed by atoms with Crippen LogP contribution >= 0.6 is 0 Å². The molecule has 0 bridgehead atoms. The quantitative estimate of drug-likeness (QED) is 0.707. The number of benzene rings is 1. The Hall–Kier alpha value is -2.28. The van der Waals surface area contributed by atoms with Crippen LogP contribution < -0.4 is 0 Å². The fourth-order valence-electron chi connectivity index (χ4n) is 1.16. The Balaban J connectivity index is 2.38. The Bertz CT molecular complexity index is 497. The van der Waals surface area contributed by atoms with Gasteiger partial charge in [-0.15, -0.1) is 0 Å². The zero-order valence-corrected chi connectivity index (χ0v) is 7.68. The zero-order valence-electron chi connectivity index (χ0n) is 7.68. The summed E-state index contributed by atoms with van der Waals surface area (Å²) in [5, 5.41) is 8.53. The first-order valence-electron chi connectivity index (χ1n) is 4.27. The van der Waals surface area contributed by atoms with Crippen molar-refractivity contribution in [2.24, 2.45) is 0 Å². The molecule has 1 aromatic heterocycles. The largest absolute Gasteiger partial charge is 0.252 e. The summed E-state index contributed by atoms with van der Waals surface area (Å²) in [5.74, 6) is -0.291. The van der Waals surface area contributed by atoms with E-state index in [-0.39, 0.29) is 11.5 Å². The summed E-state index contributed by atoms with van der Waals surface area (Å²) < 4.78 is 12.6. The van der Waals surface area contributed by atoms with E-state index in [0.717, 1.165) is 5.56 Å². The second kappa shape index (κ2) is 3.84. The highest BCUT2D eigenvalue weighted by Gasteiger charge is 2.00. The average molecular weight is 199 g/mol. The molecule has 0 aliphatic carbocycles. The van der Waals surface area contributed by atoms with Gasteiger partial charge in [0, 0.05) is 5.56 Å². The highest BCUT2D eigenvalue weighted by atomic mass is 19.1. The molecule has 1 heterocycles. The molecule has 0 fully saturated rings. The number of aromatic nitrogens is 2. The van der Waals surface area contributed by atoms with Gasteiger partial charge in [-0.05, 0) is 24.3 Å². The van der Waals surface area contributed by atoms with Crippen LogP contribution in [0, 0.1) is 17.1 Å². The van der Waals surface area contributed by atoms with Crippen LogP contribution in [0.3, 0.4) is 0 Å². The lowest BCUT2D eigenvalue weighted by Gasteiger charge is -1.99. The first-order valence-corrected chi connectivity index (χ1v) is 4.27. The van der Waals surface area contributed by atoms with Gasteiger partial charge < -0.3 is 0 Å². The van der Waals surface area contributed by atoms with E-state index < -0.39 is 0 Å². The predicted molar refractivity (Wildman–Crippen MR) is 52.1 cm³/mol. The fraction of sp³-hybridized carbons (Fsp3) is 0. The molecule has 0 unspecified atom stereocenters. The molecule has 72 valence electrons. The van der Waals surface area contributed by atoms with Crippen molar-refractivity contribution >= 4 is 0 Å². The molecule has 2 aromatic rings. The van der Waals surface area contributed by atoms with Crippen LogP contribution in [-0.2, 0) is 0 Å². The van der Waals surface area contributed by atoms with Gasteiger partial charge in [-0.25, -0.2) is 9.37 Å². The second-order valence-corrected chi connectivity index (χ2v) is 2.91. The molecule has 0 radical (unpaired) electrons. The Labute approximate surface area is 85.9 Å². The van der Waals surface area contributed by atoms with Crippen LogP contribution in [0.1, 0.15) is 5.69 Å². The van der Waals surface area contributed by atoms with Crippen LogP contribution in [0.5, 0.6) is 0 Å². The minimum Gasteiger partial charge on any atom is -0.252 e. The number of hydrogen-bond acceptors (Lipinski definition) is 3. The molecule has 0 N–H and O–H groups in total. The molecule has 0 saturated heterocycles. The second-order valence-electron chi connectivity index (χ2n) is 2.91. The van der Waals surface area contributed by atoms with Crippen LogP contribution in [-0.4, -0.2) is 9.97 Å². The monoisotopic (exact) mass is 199 g/mol. The molecule has 0 atom stereocenters. The van der Waals surface area contributed by atoms with E-state index in [1.54, 1.807) is 12.1 Å². The van der Waals surface area contributed by atoms with Crippen molar-refractivity contribution in [2.75, 3.05) is 0 Å². The third kappa shape index (κ3) is 1.97. The third-order valence-corrected chi connectivity index (χ3v) is 1.91. The number of nitrogens with zero attached hydrogens (tertiary/aromatic N) is 3. The Morgan fingerprint density at radius 1 is 1.07 bits per heavy atom. The molecular formula is C11H6FN3. The van der Waals surface area contributed by atoms with Gasteiger partial charge >= 0.3 is 0 Å². The summed E-state index contributed by atoms with van der Waals surface area (Å²) in [6.45, 7) is 0. The maximum absolute atomic E-state index is 12.6. The van der Waals surface area contributed by atoms with Gasteiger partial charge in [0.05, 0.1) is 18.1 Å². The van der Waals surface area contributed by atoms with Crippen molar-refractivity contribution in [1.29, 1.82) is 5.26 Å². The number of halogens is 1. The average Bonchev–Trinajstić information content (AvgIpc) is 2.30. The molecule has 0 aliphatic rings. The molecule has 3 nitrogen and oxygen atoms in total. The molecule has 15 heavy (non-hydrogen) atoms. The van der Waals surface area contributed by atoms with Gasteiger partial charge in [0.15, 0.2) is 5.69 Å². The summed E-state index contributed by atoms with van der Waals surface area (Å²) in [5.41, 5.74) is 1.66. The summed E-state index contributed by atoms with van der Waals surface area (Å²) in [7, 11) is 0. The van der Waals surface area contributed by atoms with Gasteiger partial charge in [-0.1, -0.05) is 0 Å². The van der Waals surface area contributed by atoms with Crippen molar-refractivity contribution < 1.29 is 4.39 Å². The molecule has 2 rings (SSSR count). The van der Waals surface area contributed by atoms with Crippen molar-refractivity contribution in [1.82, 2.24) is 9.97 Å². The van der Waals surface area contributed by atoms with Crippen LogP contribution in [0.15, 0.2) is 36.7 Å². The lowest BCUT2D eigenvalue weighted by molar-refractivity contribution is 0.628. The maximum Gasteiger partial charge on any atom is 0.158 e. The van der Waals surface area contributed by atoms with E-state index in [0.29, 0.717) is 5.69 Å². The number of nitriles is 1. The topological polar surface area (TPSA) is 49.6 Å². The van der Waals surface area contributed by atoms with Crippen molar-refractivity contribution in [2.45, 2.75) is 0 Å². The van der Waals surface area contributed by atoms with Crippen molar-refractivity contribution in [3.8, 4) is 17.3 Å². The normalized spacial score (nSPS) is 9.60. The Morgan fingerprint density at radius 2 is 1.80 bits per heavy atom. The molecule has 0 amide bonds. The highest BCUT2D eigenvalue weighted by Crippen LogP contribution is 2.15. The van der Waals surface area contributed by atoms with E-state index in [9.17, 15) is 4.39 Å². The maximum atomic E-state index is 12.6. The molecule has 0 aliphatic heterocycles. The van der Waals surface area contributed by atoms with Crippen LogP contribution in [0.25, 0.3) is 11.3 Å². The molecule has 0 saturated carbocycles. The summed E-state index contributed by atoms with van der Waals surface area (Å²) >= 11 is 0. The summed E-state index contributed by atoms with van der Waals surface area (Å²) in [6, 6.07) is 7.83. The van der Waals surface area contributed by atoms with Crippen LogP contribution in [0.4, 0.5) is 4.39 Å². The van der Waals surface area contributed by atoms with E-state index in [1.807, 2.05) is 6.07 Å². The summed E-state index contributed by atoms with van der Waals surface area (Å²) in [4.78, 5) is 7.92. The van der Waals surface area contributed by atoms with Gasteiger partial charge in [0.2, 0.25) is 0 Å². The van der Waals surface area contributed by atoms with Crippen LogP contribution in [0.2, 0.25) is 0 Å². The van der Waals surface area contributed by atoms with Gasteiger partial charge in [-0.2, -0.15) is 5.26 Å². The van der Waals surface area contributed by atoms with Gasteiger partial charge in [-0.3, -0.25) is 4.98 Å². The van der Waals surface area contributed by atoms with E-state index >= 15 is 0 Å². The highest BCUT2D eigenvalue weighted by molar-refractivity contribution is 5.57. The number of hydrogen-bond donors (Lipinski definition) is 0. The minimum atomic E-state index is -0.291. The van der Waals surface area contributed by atoms with E-state index in [4.69, 9.17) is 5.26 Å². The first-order chi connectivity index (χ1) is 7.29. The summed E-state index contributed by atoms with van der Waals surface area (Å²) in [6.07, 6.45) is 2.88. The molecule has 4 heteroatoms. The Kier molecular flexibility index (Phi) is 2.38. The molecular weight excluding hydrogens is 193 g/mol. The smallest absolute Gasteiger partial charge is 0.158 e. The van der Waals surface area contributed by atoms with E-state index in [2.05, 4.69) is 9.97 Å². The Morgan fingerprint density at radius 3 is 2.33 bits per heavy atom. The first kappa shape index (κ1) is 9.28. The zero-order chi connectivity index (χ0) is 10.7. The molecule has 0 spiro atoms. The van der Waals surface area contributed by atoms with Crippen molar-refractivity contribution in [3.05, 3.63) is 48.2 Å². The van der Waals surface area contributed by atoms with E-state index in [1.165, 1.54) is 24.5 Å². The van der Waals surface area contributed by atoms with Gasteiger partial charge in [0.25, 0.3) is 0 Å². The van der Waals surface area contributed by atoms with Gasteiger partial charge in [0.1, 0.15) is 11.9 Å². The number of rotatable bonds is 1. The lowest BCUT2D eigenvalue weighted by Crippen LogP contribution is -1.88. The lowest BCUT2D eigenvalue weighted by atomic mass is 10.1. The standard InChI is InChI=1S/C11H6FN3/c12-9-3-1-8(2-4-9)11-7-14-10(5-13)6-15-11/h1-4,6-7H. The SMILES string of the molecule is N#Cc1cnc(-c2ccc(F)cc2)cn1. The molecule has 1 aromatic carbocycles. The van der Waals surface area contributed by atoms with Crippen molar-refractivity contribution in [3.63, 3.8) is 0 Å². The third-order valence-electron chi connectivity index (χ3n) is 1.91. The fourth-order valence-corrected chi connectivity index (χ4v) is 1.16.